The van der Waals surface area contributed by atoms with Gasteiger partial charge in [-0.2, -0.15) is 0 Å². The molecule has 0 saturated carbocycles. The second-order valence-corrected chi connectivity index (χ2v) is 14.0. The number of hydrogen-bond donors (Lipinski definition) is 5. The van der Waals surface area contributed by atoms with Crippen molar-refractivity contribution in [2.75, 3.05) is 38.7 Å². The van der Waals surface area contributed by atoms with E-state index in [1.165, 1.54) is 19.1 Å². The van der Waals surface area contributed by atoms with E-state index < -0.39 is 45.7 Å². The van der Waals surface area contributed by atoms with E-state index in [4.69, 9.17) is 9.47 Å². The number of unbranched alkanes of at least 4 members (excludes halogenated alkanes) is 6. The quantitative estimate of drug-likeness (QED) is 0.0334. The van der Waals surface area contributed by atoms with E-state index in [1.54, 1.807) is 7.05 Å². The number of non-ortho nitro benzene ring substituents is 1. The van der Waals surface area contributed by atoms with Crippen LogP contribution in [0.1, 0.15) is 98.8 Å². The van der Waals surface area contributed by atoms with Gasteiger partial charge in [0.15, 0.2) is 5.78 Å². The summed E-state index contributed by atoms with van der Waals surface area (Å²) in [4.78, 5) is 71.4. The van der Waals surface area contributed by atoms with E-state index in [0.717, 1.165) is 18.9 Å². The molecule has 0 fully saturated rings. The van der Waals surface area contributed by atoms with Gasteiger partial charge < -0.3 is 35.8 Å². The van der Waals surface area contributed by atoms with Crippen molar-refractivity contribution in [1.29, 1.82) is 0 Å². The lowest BCUT2D eigenvalue weighted by Gasteiger charge is -2.25. The molecule has 53 heavy (non-hydrogen) atoms. The Morgan fingerprint density at radius 3 is 1.81 bits per heavy atom. The second kappa shape index (κ2) is 25.7. The number of likely N-dealkylation sites (N-methyl/N-ethyl adjacent to an activating group) is 1. The largest absolute Gasteiger partial charge is 0.465 e. The van der Waals surface area contributed by atoms with Crippen LogP contribution in [0, 0.1) is 32.1 Å². The average molecular weight is 753 g/mol. The fourth-order valence-electron chi connectivity index (χ4n) is 5.46. The minimum absolute atomic E-state index is 0.0313. The lowest BCUT2D eigenvalue weighted by Crippen LogP contribution is -2.57. The van der Waals surface area contributed by atoms with Gasteiger partial charge in [-0.1, -0.05) is 40.5 Å². The molecule has 0 aliphatic rings. The highest BCUT2D eigenvalue weighted by Crippen LogP contribution is 2.29. The van der Waals surface area contributed by atoms with Crippen LogP contribution < -0.4 is 21.3 Å². The zero-order valence-corrected chi connectivity index (χ0v) is 32.0. The van der Waals surface area contributed by atoms with Gasteiger partial charge in [0.1, 0.15) is 29.9 Å². The van der Waals surface area contributed by atoms with Gasteiger partial charge >= 0.3 is 11.9 Å². The molecule has 0 heterocycles. The predicted molar refractivity (Wildman–Crippen MR) is 199 cm³/mol. The summed E-state index contributed by atoms with van der Waals surface area (Å²) >= 11 is 0. The van der Waals surface area contributed by atoms with Crippen molar-refractivity contribution in [3.8, 4) is 0 Å². The normalized spacial score (nSPS) is 13.5. The topological polar surface area (TPSA) is 241 Å². The number of nitro groups is 2. The van der Waals surface area contributed by atoms with Gasteiger partial charge in [-0.3, -0.25) is 34.6 Å². The maximum atomic E-state index is 13.3. The van der Waals surface area contributed by atoms with Gasteiger partial charge in [-0.25, -0.2) is 4.79 Å². The first-order chi connectivity index (χ1) is 25.1. The number of Topliss-reactive ketones (excluding diaryl/α,β-unsaturated/α-hetero) is 1. The third-order valence-electron chi connectivity index (χ3n) is 8.36. The van der Waals surface area contributed by atoms with Crippen molar-refractivity contribution in [3.05, 3.63) is 38.4 Å². The molecule has 4 unspecified atom stereocenters. The van der Waals surface area contributed by atoms with Crippen molar-refractivity contribution >= 4 is 40.7 Å². The number of nitrogens with one attached hydrogen (secondary N) is 4. The number of rotatable bonds is 29. The number of aliphatic hydroxyl groups excluding tert-OH is 1. The van der Waals surface area contributed by atoms with Crippen LogP contribution in [0.15, 0.2) is 18.2 Å². The zero-order valence-electron chi connectivity index (χ0n) is 32.0. The highest BCUT2D eigenvalue weighted by atomic mass is 16.6. The van der Waals surface area contributed by atoms with Gasteiger partial charge in [-0.15, -0.1) is 0 Å². The van der Waals surface area contributed by atoms with Gasteiger partial charge in [0, 0.05) is 12.6 Å². The summed E-state index contributed by atoms with van der Waals surface area (Å²) < 4.78 is 10.8. The number of anilines is 1. The smallest absolute Gasteiger partial charge is 0.328 e. The molecule has 1 aromatic rings. The number of esters is 2. The van der Waals surface area contributed by atoms with Gasteiger partial charge in [0.25, 0.3) is 11.4 Å². The number of nitro benzene ring substituents is 2. The zero-order chi connectivity index (χ0) is 39.9. The minimum Gasteiger partial charge on any atom is -0.465 e. The number of nitrogens with zero attached hydrogens (tertiary/aromatic N) is 2. The molecule has 0 spiro atoms. The van der Waals surface area contributed by atoms with Gasteiger partial charge in [0.05, 0.1) is 29.1 Å². The predicted octanol–water partition coefficient (Wildman–Crippen LogP) is 4.20. The van der Waals surface area contributed by atoms with Crippen LogP contribution in [0.2, 0.25) is 0 Å². The third-order valence-corrected chi connectivity index (χ3v) is 8.36. The molecule has 4 atom stereocenters. The summed E-state index contributed by atoms with van der Waals surface area (Å²) in [5, 5.41) is 44.3. The van der Waals surface area contributed by atoms with E-state index in [0.29, 0.717) is 70.4 Å². The number of amides is 1. The number of hydrogen-bond acceptors (Lipinski definition) is 14. The first-order valence-electron chi connectivity index (χ1n) is 18.5. The molecule has 0 aromatic heterocycles. The molecule has 1 amide bonds. The Labute approximate surface area is 312 Å². The number of ether oxygens (including phenoxy) is 2. The lowest BCUT2D eigenvalue weighted by atomic mass is 10.0. The maximum Gasteiger partial charge on any atom is 0.328 e. The summed E-state index contributed by atoms with van der Waals surface area (Å²) in [7, 11) is 1.74. The Morgan fingerprint density at radius 2 is 1.30 bits per heavy atom. The summed E-state index contributed by atoms with van der Waals surface area (Å²) in [6.45, 7) is 10.2. The van der Waals surface area contributed by atoms with E-state index in [1.807, 2.05) is 27.7 Å². The van der Waals surface area contributed by atoms with Gasteiger partial charge in [0.2, 0.25) is 5.91 Å². The Hall–Kier alpha value is -4.22. The first-order valence-corrected chi connectivity index (χ1v) is 18.5. The molecule has 300 valence electrons. The highest BCUT2D eigenvalue weighted by molar-refractivity contribution is 5.93. The molecule has 17 heteroatoms. The third kappa shape index (κ3) is 18.9. The van der Waals surface area contributed by atoms with Crippen molar-refractivity contribution < 1.29 is 43.6 Å². The van der Waals surface area contributed by atoms with Crippen LogP contribution in [-0.4, -0.2) is 96.2 Å². The molecule has 0 aliphatic heterocycles. The standard InChI is InChI=1S/C36H60N6O11/c1-24(2)21-29(37-6)35(46)52-19-13-9-10-14-20-53-36(47)30(22-25(3)4)40-34(45)32(33(44)26(5)43)39-18-12-8-7-11-17-38-28-16-15-27(41(48)49)23-31(28)42(50)51/h15-16,23-25,29-30,32-33,37-39,44H,7-14,17-22H2,1-6H3,(H,40,45). The van der Waals surface area contributed by atoms with E-state index in [-0.39, 0.29) is 48.1 Å². The highest BCUT2D eigenvalue weighted by Gasteiger charge is 2.33. The SMILES string of the molecule is CNC(CC(C)C)C(=O)OCCCCCCOC(=O)C(CC(C)C)NC(=O)C(NCCCCCCNc1ccc([N+](=O)[O-])cc1[N+](=O)[O-])C(O)C(C)=O. The van der Waals surface area contributed by atoms with Crippen LogP contribution >= 0.6 is 0 Å². The Balaban J connectivity index is 2.52. The molecular formula is C36H60N6O11. The Morgan fingerprint density at radius 1 is 0.774 bits per heavy atom. The van der Waals surface area contributed by atoms with Crippen molar-refractivity contribution in [3.63, 3.8) is 0 Å². The van der Waals surface area contributed by atoms with Crippen LogP contribution in [0.3, 0.4) is 0 Å². The molecule has 0 aliphatic carbocycles. The molecule has 1 aromatic carbocycles. The summed E-state index contributed by atoms with van der Waals surface area (Å²) in [6, 6.07) is 0.812. The fourth-order valence-corrected chi connectivity index (χ4v) is 5.46. The van der Waals surface area contributed by atoms with E-state index in [9.17, 15) is 44.5 Å². The molecule has 0 radical (unpaired) electrons. The fraction of sp³-hybridized carbons (Fsp3) is 0.722. The Kier molecular flexibility index (Phi) is 22.7. The number of benzene rings is 1. The number of carbonyl (C=O) groups is 4. The first kappa shape index (κ1) is 46.8. The number of carbonyl (C=O) groups excluding carboxylic acids is 4. The molecule has 1 rings (SSSR count). The number of aliphatic hydroxyl groups is 1. The summed E-state index contributed by atoms with van der Waals surface area (Å²) in [6.07, 6.45) is 4.80. The van der Waals surface area contributed by atoms with Crippen LogP contribution in [0.25, 0.3) is 0 Å². The molecular weight excluding hydrogens is 692 g/mol. The van der Waals surface area contributed by atoms with Crippen molar-refractivity contribution in [1.82, 2.24) is 16.0 Å². The second-order valence-electron chi connectivity index (χ2n) is 14.0. The van der Waals surface area contributed by atoms with E-state index >= 15 is 0 Å². The van der Waals surface area contributed by atoms with Crippen molar-refractivity contribution in [2.45, 2.75) is 123 Å². The summed E-state index contributed by atoms with van der Waals surface area (Å²) in [5.74, 6) is -1.78. The lowest BCUT2D eigenvalue weighted by molar-refractivity contribution is -0.393. The van der Waals surface area contributed by atoms with Crippen LogP contribution in [0.4, 0.5) is 17.1 Å². The van der Waals surface area contributed by atoms with Crippen LogP contribution in [-0.2, 0) is 28.7 Å². The molecule has 0 saturated heterocycles. The van der Waals surface area contributed by atoms with Gasteiger partial charge in [-0.05, 0) is 89.8 Å². The average Bonchev–Trinajstić information content (AvgIpc) is 3.09. The summed E-state index contributed by atoms with van der Waals surface area (Å²) in [5.41, 5.74) is -0.575. The molecule has 0 bridgehead atoms. The van der Waals surface area contributed by atoms with E-state index in [2.05, 4.69) is 21.3 Å². The van der Waals surface area contributed by atoms with Crippen LogP contribution in [0.5, 0.6) is 0 Å². The Bertz CT molecular complexity index is 1330. The minimum atomic E-state index is -1.63. The maximum absolute atomic E-state index is 13.3. The molecule has 17 nitrogen and oxygen atoms in total. The molecule has 5 N–H and O–H groups in total. The van der Waals surface area contributed by atoms with Crippen molar-refractivity contribution in [2.24, 2.45) is 11.8 Å². The number of ketones is 1. The monoisotopic (exact) mass is 752 g/mol.